The lowest BCUT2D eigenvalue weighted by molar-refractivity contribution is 0.139. The van der Waals surface area contributed by atoms with Crippen molar-refractivity contribution in [1.82, 2.24) is 10.2 Å². The summed E-state index contributed by atoms with van der Waals surface area (Å²) in [6.45, 7) is 5.97. The predicted octanol–water partition coefficient (Wildman–Crippen LogP) is 2.79. The third kappa shape index (κ3) is 3.12. The van der Waals surface area contributed by atoms with Crippen molar-refractivity contribution in [3.8, 4) is 0 Å². The maximum absolute atomic E-state index is 3.83. The van der Waals surface area contributed by atoms with Crippen LogP contribution in [0.2, 0.25) is 0 Å². The van der Waals surface area contributed by atoms with Crippen molar-refractivity contribution in [2.75, 3.05) is 13.1 Å². The number of nitrogens with zero attached hydrogens (tertiary/aromatic N) is 1. The summed E-state index contributed by atoms with van der Waals surface area (Å²) < 4.78 is 0. The first kappa shape index (κ1) is 12.2. The van der Waals surface area contributed by atoms with Gasteiger partial charge in [0.25, 0.3) is 0 Å². The van der Waals surface area contributed by atoms with Crippen molar-refractivity contribution in [3.63, 3.8) is 0 Å². The number of rotatable bonds is 4. The van der Waals surface area contributed by atoms with Crippen LogP contribution in [0.1, 0.15) is 38.2 Å². The van der Waals surface area contributed by atoms with Crippen LogP contribution in [-0.2, 0) is 6.54 Å². The van der Waals surface area contributed by atoms with Gasteiger partial charge in [-0.1, -0.05) is 30.3 Å². The highest BCUT2D eigenvalue weighted by Crippen LogP contribution is 2.29. The van der Waals surface area contributed by atoms with E-state index in [2.05, 4.69) is 47.5 Å². The second-order valence-corrected chi connectivity index (χ2v) is 6.24. The van der Waals surface area contributed by atoms with Gasteiger partial charge < -0.3 is 5.32 Å². The van der Waals surface area contributed by atoms with Crippen molar-refractivity contribution < 1.29 is 0 Å². The molecule has 2 nitrogen and oxygen atoms in total. The fourth-order valence-electron chi connectivity index (χ4n) is 2.91. The van der Waals surface area contributed by atoms with E-state index in [1.807, 2.05) is 0 Å². The molecule has 2 aliphatic rings. The Kier molecular flexibility index (Phi) is 3.40. The van der Waals surface area contributed by atoms with Gasteiger partial charge in [0, 0.05) is 31.2 Å². The largest absolute Gasteiger partial charge is 0.309 e. The van der Waals surface area contributed by atoms with Crippen LogP contribution < -0.4 is 5.32 Å². The van der Waals surface area contributed by atoms with E-state index >= 15 is 0 Å². The van der Waals surface area contributed by atoms with Crippen LogP contribution >= 0.6 is 0 Å². The van der Waals surface area contributed by atoms with Gasteiger partial charge in [-0.2, -0.15) is 0 Å². The Morgan fingerprint density at radius 3 is 2.44 bits per heavy atom. The van der Waals surface area contributed by atoms with Crippen molar-refractivity contribution >= 4 is 0 Å². The highest BCUT2D eigenvalue weighted by molar-refractivity contribution is 5.14. The Hall–Kier alpha value is -0.860. The van der Waals surface area contributed by atoms with Gasteiger partial charge in [0.1, 0.15) is 0 Å². The number of piperidine rings is 1. The number of nitrogens with one attached hydrogen (secondary N) is 1. The summed E-state index contributed by atoms with van der Waals surface area (Å²) in [5.74, 6) is 0. The summed E-state index contributed by atoms with van der Waals surface area (Å²) in [6, 6.07) is 11.7. The van der Waals surface area contributed by atoms with E-state index in [1.165, 1.54) is 44.3 Å². The third-order valence-electron chi connectivity index (χ3n) is 4.34. The maximum Gasteiger partial charge on any atom is 0.0233 e. The van der Waals surface area contributed by atoms with Crippen LogP contribution in [0.15, 0.2) is 30.3 Å². The zero-order valence-electron chi connectivity index (χ0n) is 11.4. The monoisotopic (exact) mass is 244 g/mol. The second-order valence-electron chi connectivity index (χ2n) is 6.24. The summed E-state index contributed by atoms with van der Waals surface area (Å²) in [6.07, 6.45) is 5.36. The van der Waals surface area contributed by atoms with Gasteiger partial charge in [-0.15, -0.1) is 0 Å². The highest BCUT2D eigenvalue weighted by atomic mass is 15.2. The molecule has 2 fully saturated rings. The van der Waals surface area contributed by atoms with E-state index in [9.17, 15) is 0 Å². The molecule has 98 valence electrons. The Labute approximate surface area is 110 Å². The molecule has 1 aromatic carbocycles. The molecule has 0 radical (unpaired) electrons. The SMILES string of the molecule is CC1(NC2CC2)CCN(Cc2ccccc2)CC1. The van der Waals surface area contributed by atoms with Crippen molar-refractivity contribution in [3.05, 3.63) is 35.9 Å². The molecule has 2 heteroatoms. The van der Waals surface area contributed by atoms with Crippen LogP contribution in [0.3, 0.4) is 0 Å². The molecule has 0 spiro atoms. The number of hydrogen-bond acceptors (Lipinski definition) is 2. The van der Waals surface area contributed by atoms with Crippen LogP contribution in [0.25, 0.3) is 0 Å². The smallest absolute Gasteiger partial charge is 0.0233 e. The molecule has 18 heavy (non-hydrogen) atoms. The molecule has 0 aromatic heterocycles. The van der Waals surface area contributed by atoms with E-state index in [0.29, 0.717) is 5.54 Å². The first-order valence-electron chi connectivity index (χ1n) is 7.28. The van der Waals surface area contributed by atoms with Gasteiger partial charge in [-0.05, 0) is 38.2 Å². The molecular formula is C16H24N2. The van der Waals surface area contributed by atoms with E-state index in [-0.39, 0.29) is 0 Å². The Bertz CT molecular complexity index is 375. The number of likely N-dealkylation sites (tertiary alicyclic amines) is 1. The lowest BCUT2D eigenvalue weighted by Gasteiger charge is -2.40. The topological polar surface area (TPSA) is 15.3 Å². The molecule has 1 heterocycles. The molecule has 1 aliphatic heterocycles. The second kappa shape index (κ2) is 5.02. The zero-order valence-corrected chi connectivity index (χ0v) is 11.4. The Morgan fingerprint density at radius 1 is 1.17 bits per heavy atom. The lowest BCUT2D eigenvalue weighted by atomic mass is 9.89. The average Bonchev–Trinajstić information content (AvgIpc) is 3.17. The zero-order chi connectivity index (χ0) is 12.4. The van der Waals surface area contributed by atoms with Crippen LogP contribution in [0, 0.1) is 0 Å². The fourth-order valence-corrected chi connectivity index (χ4v) is 2.91. The van der Waals surface area contributed by atoms with Crippen LogP contribution in [-0.4, -0.2) is 29.6 Å². The molecule has 1 aromatic rings. The van der Waals surface area contributed by atoms with Gasteiger partial charge in [0.15, 0.2) is 0 Å². The van der Waals surface area contributed by atoms with E-state index < -0.39 is 0 Å². The van der Waals surface area contributed by atoms with E-state index in [0.717, 1.165) is 12.6 Å². The van der Waals surface area contributed by atoms with Crippen LogP contribution in [0.5, 0.6) is 0 Å². The highest BCUT2D eigenvalue weighted by Gasteiger charge is 2.34. The molecule has 1 N–H and O–H groups in total. The Balaban J connectivity index is 1.50. The van der Waals surface area contributed by atoms with Crippen molar-refractivity contribution in [2.24, 2.45) is 0 Å². The average molecular weight is 244 g/mol. The van der Waals surface area contributed by atoms with Gasteiger partial charge in [0.2, 0.25) is 0 Å². The Morgan fingerprint density at radius 2 is 1.83 bits per heavy atom. The molecule has 0 amide bonds. The quantitative estimate of drug-likeness (QED) is 0.876. The van der Waals surface area contributed by atoms with Crippen LogP contribution in [0.4, 0.5) is 0 Å². The maximum atomic E-state index is 3.83. The summed E-state index contributed by atoms with van der Waals surface area (Å²) in [7, 11) is 0. The minimum Gasteiger partial charge on any atom is -0.309 e. The van der Waals surface area contributed by atoms with Crippen molar-refractivity contribution in [1.29, 1.82) is 0 Å². The number of benzene rings is 1. The molecular weight excluding hydrogens is 220 g/mol. The fraction of sp³-hybridized carbons (Fsp3) is 0.625. The van der Waals surface area contributed by atoms with Gasteiger partial charge in [-0.3, -0.25) is 4.90 Å². The number of hydrogen-bond donors (Lipinski definition) is 1. The minimum absolute atomic E-state index is 0.397. The molecule has 3 rings (SSSR count). The lowest BCUT2D eigenvalue weighted by Crippen LogP contribution is -2.51. The molecule has 0 bridgehead atoms. The third-order valence-corrected chi connectivity index (χ3v) is 4.34. The minimum atomic E-state index is 0.397. The van der Waals surface area contributed by atoms with Gasteiger partial charge in [0.05, 0.1) is 0 Å². The first-order chi connectivity index (χ1) is 8.73. The first-order valence-corrected chi connectivity index (χ1v) is 7.28. The predicted molar refractivity (Wildman–Crippen MR) is 75.5 cm³/mol. The molecule has 1 aliphatic carbocycles. The summed E-state index contributed by atoms with van der Waals surface area (Å²) in [4.78, 5) is 2.59. The molecule has 0 atom stereocenters. The normalized spacial score (nSPS) is 24.1. The van der Waals surface area contributed by atoms with Gasteiger partial charge >= 0.3 is 0 Å². The standard InChI is InChI=1S/C16H24N2/c1-16(17-15-7-8-15)9-11-18(12-10-16)13-14-5-3-2-4-6-14/h2-6,15,17H,7-13H2,1H3. The summed E-state index contributed by atoms with van der Waals surface area (Å²) in [5, 5.41) is 3.83. The van der Waals surface area contributed by atoms with E-state index in [1.54, 1.807) is 0 Å². The van der Waals surface area contributed by atoms with Crippen molar-refractivity contribution in [2.45, 2.75) is 50.7 Å². The molecule has 1 saturated heterocycles. The molecule has 0 unspecified atom stereocenters. The summed E-state index contributed by atoms with van der Waals surface area (Å²) in [5.41, 5.74) is 1.84. The van der Waals surface area contributed by atoms with E-state index in [4.69, 9.17) is 0 Å². The summed E-state index contributed by atoms with van der Waals surface area (Å²) >= 11 is 0. The van der Waals surface area contributed by atoms with Gasteiger partial charge in [-0.25, -0.2) is 0 Å². The molecule has 1 saturated carbocycles.